The summed E-state index contributed by atoms with van der Waals surface area (Å²) in [7, 11) is 0. The minimum Gasteiger partial charge on any atom is -0.480 e. The topological polar surface area (TPSA) is 63.3 Å². The first-order chi connectivity index (χ1) is 5.92. The Morgan fingerprint density at radius 3 is 2.31 bits per heavy atom. The molecule has 0 aromatic heterocycles. The van der Waals surface area contributed by atoms with Gasteiger partial charge in [-0.05, 0) is 25.2 Å². The van der Waals surface area contributed by atoms with Crippen LogP contribution in [-0.2, 0) is 4.79 Å². The van der Waals surface area contributed by atoms with E-state index in [0.717, 1.165) is 12.8 Å². The van der Waals surface area contributed by atoms with E-state index in [1.165, 1.54) is 0 Å². The molecule has 0 rings (SSSR count). The molecule has 13 heavy (non-hydrogen) atoms. The van der Waals surface area contributed by atoms with Gasteiger partial charge in [0, 0.05) is 0 Å². The van der Waals surface area contributed by atoms with Crippen molar-refractivity contribution in [2.75, 3.05) is 0 Å². The van der Waals surface area contributed by atoms with E-state index in [2.05, 4.69) is 13.8 Å². The van der Waals surface area contributed by atoms with Crippen molar-refractivity contribution in [2.45, 2.75) is 52.0 Å². The summed E-state index contributed by atoms with van der Waals surface area (Å²) < 4.78 is 0. The first-order valence-corrected chi connectivity index (χ1v) is 4.94. The lowest BCUT2D eigenvalue weighted by Crippen LogP contribution is -2.48. The first-order valence-electron chi connectivity index (χ1n) is 4.94. The maximum atomic E-state index is 10.9. The van der Waals surface area contributed by atoms with Gasteiger partial charge in [0.15, 0.2) is 0 Å². The molecule has 0 aromatic carbocycles. The number of carboxylic acid groups (broad SMARTS) is 1. The molecule has 78 valence electrons. The summed E-state index contributed by atoms with van der Waals surface area (Å²) in [6.07, 6.45) is 2.84. The van der Waals surface area contributed by atoms with Crippen molar-refractivity contribution in [1.82, 2.24) is 0 Å². The van der Waals surface area contributed by atoms with E-state index in [1.807, 2.05) is 6.92 Å². The molecule has 0 aliphatic heterocycles. The summed E-state index contributed by atoms with van der Waals surface area (Å²) >= 11 is 0. The van der Waals surface area contributed by atoms with Gasteiger partial charge >= 0.3 is 5.97 Å². The SMILES string of the molecule is CCCC(N)(CCC(C)C)C(=O)O. The average Bonchev–Trinajstić information content (AvgIpc) is 2.01. The second-order valence-electron chi connectivity index (χ2n) is 4.14. The molecular formula is C10H21NO2. The number of rotatable bonds is 6. The zero-order valence-corrected chi connectivity index (χ0v) is 8.84. The van der Waals surface area contributed by atoms with Crippen molar-refractivity contribution in [3.05, 3.63) is 0 Å². The third kappa shape index (κ3) is 4.27. The van der Waals surface area contributed by atoms with E-state index in [1.54, 1.807) is 0 Å². The van der Waals surface area contributed by atoms with Crippen LogP contribution in [0.25, 0.3) is 0 Å². The van der Waals surface area contributed by atoms with Gasteiger partial charge in [-0.25, -0.2) is 0 Å². The zero-order valence-electron chi connectivity index (χ0n) is 8.84. The average molecular weight is 187 g/mol. The lowest BCUT2D eigenvalue weighted by Gasteiger charge is -2.24. The van der Waals surface area contributed by atoms with E-state index in [0.29, 0.717) is 18.8 Å². The van der Waals surface area contributed by atoms with Gasteiger partial charge in [0.1, 0.15) is 5.54 Å². The third-order valence-corrected chi connectivity index (χ3v) is 2.29. The summed E-state index contributed by atoms with van der Waals surface area (Å²) in [6, 6.07) is 0. The van der Waals surface area contributed by atoms with Crippen LogP contribution in [0.15, 0.2) is 0 Å². The van der Waals surface area contributed by atoms with E-state index >= 15 is 0 Å². The van der Waals surface area contributed by atoms with Crippen LogP contribution in [-0.4, -0.2) is 16.6 Å². The molecule has 3 nitrogen and oxygen atoms in total. The molecule has 0 bridgehead atoms. The largest absolute Gasteiger partial charge is 0.480 e. The summed E-state index contributed by atoms with van der Waals surface area (Å²) in [5, 5.41) is 8.95. The van der Waals surface area contributed by atoms with Gasteiger partial charge in [0.05, 0.1) is 0 Å². The highest BCUT2D eigenvalue weighted by Gasteiger charge is 2.32. The molecule has 3 N–H and O–H groups in total. The number of aliphatic carboxylic acids is 1. The summed E-state index contributed by atoms with van der Waals surface area (Å²) in [6.45, 7) is 6.11. The highest BCUT2D eigenvalue weighted by Crippen LogP contribution is 2.19. The van der Waals surface area contributed by atoms with Crippen molar-refractivity contribution in [3.8, 4) is 0 Å². The van der Waals surface area contributed by atoms with Crippen LogP contribution >= 0.6 is 0 Å². The Kier molecular flexibility index (Phi) is 4.99. The van der Waals surface area contributed by atoms with Crippen LogP contribution in [0.5, 0.6) is 0 Å². The molecule has 0 radical (unpaired) electrons. The number of carbonyl (C=O) groups is 1. The Hall–Kier alpha value is -0.570. The standard InChI is InChI=1S/C10H21NO2/c1-4-6-10(11,9(12)13)7-5-8(2)3/h8H,4-7,11H2,1-3H3,(H,12,13). The Bertz CT molecular complexity index is 168. The van der Waals surface area contributed by atoms with Crippen molar-refractivity contribution in [3.63, 3.8) is 0 Å². The Morgan fingerprint density at radius 2 is 2.00 bits per heavy atom. The number of carboxylic acids is 1. The highest BCUT2D eigenvalue weighted by atomic mass is 16.4. The fourth-order valence-electron chi connectivity index (χ4n) is 1.33. The zero-order chi connectivity index (χ0) is 10.5. The summed E-state index contributed by atoms with van der Waals surface area (Å²) in [5.74, 6) is -0.353. The van der Waals surface area contributed by atoms with Gasteiger partial charge in [-0.3, -0.25) is 4.79 Å². The Morgan fingerprint density at radius 1 is 1.46 bits per heavy atom. The van der Waals surface area contributed by atoms with Crippen LogP contribution in [0.1, 0.15) is 46.5 Å². The molecule has 0 aromatic rings. The van der Waals surface area contributed by atoms with Gasteiger partial charge in [0.2, 0.25) is 0 Å². The minimum atomic E-state index is -1.00. The molecule has 1 atom stereocenters. The minimum absolute atomic E-state index is 0.513. The first kappa shape index (κ1) is 12.4. The molecule has 3 heteroatoms. The molecule has 0 aliphatic rings. The van der Waals surface area contributed by atoms with E-state index in [9.17, 15) is 4.79 Å². The van der Waals surface area contributed by atoms with Crippen molar-refractivity contribution in [2.24, 2.45) is 11.7 Å². The molecular weight excluding hydrogens is 166 g/mol. The van der Waals surface area contributed by atoms with Crippen molar-refractivity contribution >= 4 is 5.97 Å². The van der Waals surface area contributed by atoms with E-state index < -0.39 is 11.5 Å². The maximum absolute atomic E-state index is 10.9. The molecule has 0 fully saturated rings. The molecule has 0 aliphatic carbocycles. The summed E-state index contributed by atoms with van der Waals surface area (Å²) in [5.41, 5.74) is 4.80. The van der Waals surface area contributed by atoms with Crippen LogP contribution in [0.4, 0.5) is 0 Å². The van der Waals surface area contributed by atoms with Gasteiger partial charge in [-0.2, -0.15) is 0 Å². The molecule has 1 unspecified atom stereocenters. The maximum Gasteiger partial charge on any atom is 0.323 e. The van der Waals surface area contributed by atoms with Crippen LogP contribution in [0.3, 0.4) is 0 Å². The van der Waals surface area contributed by atoms with Crippen molar-refractivity contribution in [1.29, 1.82) is 0 Å². The molecule has 0 heterocycles. The fraction of sp³-hybridized carbons (Fsp3) is 0.900. The summed E-state index contributed by atoms with van der Waals surface area (Å²) in [4.78, 5) is 10.9. The van der Waals surface area contributed by atoms with Gasteiger partial charge in [-0.1, -0.05) is 27.2 Å². The van der Waals surface area contributed by atoms with Crippen LogP contribution in [0.2, 0.25) is 0 Å². The lowest BCUT2D eigenvalue weighted by atomic mass is 9.87. The monoisotopic (exact) mass is 187 g/mol. The number of hydrogen-bond donors (Lipinski definition) is 2. The Balaban J connectivity index is 4.16. The van der Waals surface area contributed by atoms with Gasteiger partial charge in [-0.15, -0.1) is 0 Å². The van der Waals surface area contributed by atoms with Gasteiger partial charge in [0.25, 0.3) is 0 Å². The smallest absolute Gasteiger partial charge is 0.323 e. The van der Waals surface area contributed by atoms with E-state index in [-0.39, 0.29) is 0 Å². The predicted octanol–water partition coefficient (Wildman–Crippen LogP) is 2.00. The molecule has 0 amide bonds. The van der Waals surface area contributed by atoms with Gasteiger partial charge < -0.3 is 10.8 Å². The number of hydrogen-bond acceptors (Lipinski definition) is 2. The van der Waals surface area contributed by atoms with Crippen molar-refractivity contribution < 1.29 is 9.90 Å². The van der Waals surface area contributed by atoms with E-state index in [4.69, 9.17) is 10.8 Å². The second-order valence-corrected chi connectivity index (χ2v) is 4.14. The molecule has 0 saturated carbocycles. The van der Waals surface area contributed by atoms with Crippen LogP contribution < -0.4 is 5.73 Å². The normalized spacial score (nSPS) is 15.8. The predicted molar refractivity (Wildman–Crippen MR) is 53.5 cm³/mol. The third-order valence-electron chi connectivity index (χ3n) is 2.29. The molecule has 0 saturated heterocycles. The quantitative estimate of drug-likeness (QED) is 0.668. The van der Waals surface area contributed by atoms with Crippen LogP contribution in [0, 0.1) is 5.92 Å². The lowest BCUT2D eigenvalue weighted by molar-refractivity contribution is -0.144. The number of nitrogens with two attached hydrogens (primary N) is 1. The Labute approximate surface area is 80.3 Å². The highest BCUT2D eigenvalue weighted by molar-refractivity contribution is 5.78. The molecule has 0 spiro atoms. The fourth-order valence-corrected chi connectivity index (χ4v) is 1.33. The second kappa shape index (κ2) is 5.22.